The van der Waals surface area contributed by atoms with E-state index < -0.39 is 11.1 Å². The van der Waals surface area contributed by atoms with Gasteiger partial charge in [0, 0.05) is 23.1 Å². The lowest BCUT2D eigenvalue weighted by Gasteiger charge is -2.28. The van der Waals surface area contributed by atoms with Gasteiger partial charge in [-0.1, -0.05) is 46.3 Å². The topological polar surface area (TPSA) is 76.2 Å². The van der Waals surface area contributed by atoms with Crippen LogP contribution in [0.1, 0.15) is 11.1 Å². The zero-order valence-electron chi connectivity index (χ0n) is 17.2. The van der Waals surface area contributed by atoms with Gasteiger partial charge in [0.25, 0.3) is 11.1 Å². The molecule has 0 aromatic heterocycles. The van der Waals surface area contributed by atoms with Crippen molar-refractivity contribution in [1.82, 2.24) is 9.80 Å². The van der Waals surface area contributed by atoms with Gasteiger partial charge in [-0.25, -0.2) is 0 Å². The molecule has 0 aliphatic carbocycles. The smallest absolute Gasteiger partial charge is 0.294 e. The summed E-state index contributed by atoms with van der Waals surface area (Å²) in [6, 6.07) is 15.2. The van der Waals surface area contributed by atoms with E-state index in [2.05, 4.69) is 15.9 Å². The first-order valence-electron chi connectivity index (χ1n) is 10.1. The summed E-state index contributed by atoms with van der Waals surface area (Å²) in [7, 11) is 0. The number of thioether (sulfide) groups is 1. The summed E-state index contributed by atoms with van der Waals surface area (Å²) in [4.78, 5) is 40.7. The third-order valence-electron chi connectivity index (χ3n) is 5.03. The Morgan fingerprint density at radius 3 is 2.62 bits per heavy atom. The van der Waals surface area contributed by atoms with E-state index in [0.29, 0.717) is 44.2 Å². The van der Waals surface area contributed by atoms with Crippen LogP contribution in [0.2, 0.25) is 0 Å². The molecule has 2 heterocycles. The molecule has 166 valence electrons. The molecule has 0 N–H and O–H groups in total. The van der Waals surface area contributed by atoms with Crippen molar-refractivity contribution in [3.05, 3.63) is 69.0 Å². The first kappa shape index (κ1) is 22.6. The van der Waals surface area contributed by atoms with Gasteiger partial charge in [-0.2, -0.15) is 0 Å². The van der Waals surface area contributed by atoms with E-state index in [4.69, 9.17) is 9.47 Å². The monoisotopic (exact) mass is 516 g/mol. The molecular formula is C23H21BrN2O5S. The van der Waals surface area contributed by atoms with Crippen LogP contribution in [0.15, 0.2) is 57.9 Å². The molecule has 0 saturated carbocycles. The minimum absolute atomic E-state index is 0.257. The number of imide groups is 1. The van der Waals surface area contributed by atoms with Gasteiger partial charge in [0.05, 0.1) is 18.1 Å². The van der Waals surface area contributed by atoms with Crippen molar-refractivity contribution in [2.45, 2.75) is 6.61 Å². The Bertz CT molecular complexity index is 1050. The van der Waals surface area contributed by atoms with Crippen LogP contribution in [-0.2, 0) is 20.9 Å². The molecule has 2 fully saturated rings. The maximum Gasteiger partial charge on any atom is 0.294 e. The van der Waals surface area contributed by atoms with E-state index in [1.165, 1.54) is 0 Å². The molecule has 7 nitrogen and oxygen atoms in total. The molecule has 9 heteroatoms. The maximum absolute atomic E-state index is 12.9. The van der Waals surface area contributed by atoms with E-state index in [1.807, 2.05) is 48.5 Å². The van der Waals surface area contributed by atoms with Crippen LogP contribution in [0.3, 0.4) is 0 Å². The average Bonchev–Trinajstić information content (AvgIpc) is 3.07. The molecule has 4 rings (SSSR count). The van der Waals surface area contributed by atoms with Crippen LogP contribution >= 0.6 is 27.7 Å². The number of amides is 3. The van der Waals surface area contributed by atoms with Gasteiger partial charge in [0.1, 0.15) is 18.9 Å². The molecule has 2 aliphatic rings. The van der Waals surface area contributed by atoms with Gasteiger partial charge in [-0.3, -0.25) is 19.3 Å². The predicted octanol–water partition coefficient (Wildman–Crippen LogP) is 3.92. The Morgan fingerprint density at radius 1 is 1.12 bits per heavy atom. The average molecular weight is 517 g/mol. The minimum Gasteiger partial charge on any atom is -0.488 e. The van der Waals surface area contributed by atoms with Crippen molar-refractivity contribution in [1.29, 1.82) is 0 Å². The van der Waals surface area contributed by atoms with Gasteiger partial charge in [-0.15, -0.1) is 0 Å². The summed E-state index contributed by atoms with van der Waals surface area (Å²) in [6.45, 7) is 1.96. The fourth-order valence-electron chi connectivity index (χ4n) is 3.32. The maximum atomic E-state index is 12.9. The van der Waals surface area contributed by atoms with Crippen LogP contribution in [0, 0.1) is 0 Å². The molecule has 32 heavy (non-hydrogen) atoms. The number of rotatable bonds is 6. The highest BCUT2D eigenvalue weighted by atomic mass is 79.9. The lowest BCUT2D eigenvalue weighted by molar-refractivity contribution is -0.139. The Hall–Kier alpha value is -2.62. The molecule has 2 aliphatic heterocycles. The number of ether oxygens (including phenoxy) is 2. The van der Waals surface area contributed by atoms with Crippen molar-refractivity contribution in [3.63, 3.8) is 0 Å². The lowest BCUT2D eigenvalue weighted by Crippen LogP contribution is -2.46. The van der Waals surface area contributed by atoms with Crippen LogP contribution in [-0.4, -0.2) is 59.7 Å². The zero-order chi connectivity index (χ0) is 22.5. The number of carbonyl (C=O) groups excluding carboxylic acids is 3. The van der Waals surface area contributed by atoms with Crippen molar-refractivity contribution < 1.29 is 23.9 Å². The van der Waals surface area contributed by atoms with Crippen molar-refractivity contribution in [2.75, 3.05) is 32.8 Å². The fraction of sp³-hybridized carbons (Fsp3) is 0.261. The number of benzene rings is 2. The normalized spacial score (nSPS) is 17.8. The molecule has 2 aromatic carbocycles. The summed E-state index contributed by atoms with van der Waals surface area (Å²) < 4.78 is 12.0. The summed E-state index contributed by atoms with van der Waals surface area (Å²) in [5.41, 5.74) is 1.68. The number of halogens is 1. The molecule has 3 amide bonds. The van der Waals surface area contributed by atoms with E-state index in [1.54, 1.807) is 11.0 Å². The molecule has 2 aromatic rings. The van der Waals surface area contributed by atoms with Gasteiger partial charge >= 0.3 is 0 Å². The van der Waals surface area contributed by atoms with Crippen molar-refractivity contribution in [2.24, 2.45) is 0 Å². The predicted molar refractivity (Wildman–Crippen MR) is 125 cm³/mol. The minimum atomic E-state index is -0.476. The third-order valence-corrected chi connectivity index (χ3v) is 6.43. The van der Waals surface area contributed by atoms with Crippen LogP contribution in [0.25, 0.3) is 6.08 Å². The SMILES string of the molecule is O=C(CN1C(=O)S/C(=C\c2cc(Br)ccc2OCc2ccccc2)C1=O)N1CCOCC1. The first-order chi connectivity index (χ1) is 15.5. The van der Waals surface area contributed by atoms with E-state index in [-0.39, 0.29) is 17.4 Å². The zero-order valence-corrected chi connectivity index (χ0v) is 19.6. The number of hydrogen-bond donors (Lipinski definition) is 0. The number of nitrogens with zero attached hydrogens (tertiary/aromatic N) is 2. The number of hydrogen-bond acceptors (Lipinski definition) is 6. The first-order valence-corrected chi connectivity index (χ1v) is 11.7. The Morgan fingerprint density at radius 2 is 1.88 bits per heavy atom. The standard InChI is InChI=1S/C23H21BrN2O5S/c24-18-6-7-19(31-15-16-4-2-1-3-5-16)17(12-18)13-20-22(28)26(23(29)32-20)14-21(27)25-8-10-30-11-9-25/h1-7,12-13H,8-11,14-15H2/b20-13-. The molecule has 0 spiro atoms. The Labute approximate surface area is 198 Å². The van der Waals surface area contributed by atoms with Crippen molar-refractivity contribution in [3.8, 4) is 5.75 Å². The van der Waals surface area contributed by atoms with Gasteiger partial charge in [0.15, 0.2) is 0 Å². The highest BCUT2D eigenvalue weighted by Gasteiger charge is 2.37. The summed E-state index contributed by atoms with van der Waals surface area (Å²) in [5, 5.41) is -0.454. The Kier molecular flexibility index (Phi) is 7.29. The quantitative estimate of drug-likeness (QED) is 0.541. The van der Waals surface area contributed by atoms with Gasteiger partial charge < -0.3 is 14.4 Å². The summed E-state index contributed by atoms with van der Waals surface area (Å²) in [6.07, 6.45) is 1.63. The van der Waals surface area contributed by atoms with Crippen LogP contribution in [0.5, 0.6) is 5.75 Å². The fourth-order valence-corrected chi connectivity index (χ4v) is 4.53. The van der Waals surface area contributed by atoms with Gasteiger partial charge in [-0.05, 0) is 41.6 Å². The molecule has 0 unspecified atom stereocenters. The lowest BCUT2D eigenvalue weighted by atomic mass is 10.1. The molecule has 2 saturated heterocycles. The van der Waals surface area contributed by atoms with Gasteiger partial charge in [0.2, 0.25) is 5.91 Å². The third kappa shape index (κ3) is 5.40. The van der Waals surface area contributed by atoms with Crippen molar-refractivity contribution >= 4 is 50.8 Å². The Balaban J connectivity index is 1.49. The molecular weight excluding hydrogens is 496 g/mol. The van der Waals surface area contributed by atoms with E-state index >= 15 is 0 Å². The highest BCUT2D eigenvalue weighted by molar-refractivity contribution is 9.10. The number of carbonyl (C=O) groups is 3. The van der Waals surface area contributed by atoms with Crippen LogP contribution in [0.4, 0.5) is 4.79 Å². The largest absolute Gasteiger partial charge is 0.488 e. The molecule has 0 bridgehead atoms. The second kappa shape index (κ2) is 10.3. The summed E-state index contributed by atoms with van der Waals surface area (Å²) >= 11 is 4.27. The molecule has 0 radical (unpaired) electrons. The summed E-state index contributed by atoms with van der Waals surface area (Å²) in [5.74, 6) is -0.143. The second-order valence-corrected chi connectivity index (χ2v) is 9.13. The van der Waals surface area contributed by atoms with E-state index in [0.717, 1.165) is 26.7 Å². The second-order valence-electron chi connectivity index (χ2n) is 7.22. The number of morpholine rings is 1. The van der Waals surface area contributed by atoms with Crippen LogP contribution < -0.4 is 4.74 Å². The highest BCUT2D eigenvalue weighted by Crippen LogP contribution is 2.35. The van der Waals surface area contributed by atoms with E-state index in [9.17, 15) is 14.4 Å². The molecule has 0 atom stereocenters.